The smallest absolute Gasteiger partial charge is 0.321 e. The van der Waals surface area contributed by atoms with Gasteiger partial charge in [0, 0.05) is 6.07 Å². The third kappa shape index (κ3) is 3.54. The van der Waals surface area contributed by atoms with Gasteiger partial charge in [0.25, 0.3) is 0 Å². The minimum absolute atomic E-state index is 0.345. The predicted octanol–water partition coefficient (Wildman–Crippen LogP) is 2.32. The SMILES string of the molecule is Cc1nc([C@@H](NC(=O)Nc2cc(C)on2)c2ccccc2)n[nH]1. The molecule has 1 atom stereocenters. The molecule has 2 heterocycles. The van der Waals surface area contributed by atoms with E-state index in [9.17, 15) is 4.79 Å². The van der Waals surface area contributed by atoms with Crippen molar-refractivity contribution in [3.05, 3.63) is 59.4 Å². The highest BCUT2D eigenvalue weighted by Crippen LogP contribution is 2.19. The molecular weight excluding hydrogens is 296 g/mol. The van der Waals surface area contributed by atoms with E-state index < -0.39 is 12.1 Å². The Balaban J connectivity index is 1.80. The predicted molar refractivity (Wildman–Crippen MR) is 82.8 cm³/mol. The Bertz CT molecular complexity index is 795. The van der Waals surface area contributed by atoms with Gasteiger partial charge in [0.2, 0.25) is 0 Å². The molecule has 2 amide bonds. The van der Waals surface area contributed by atoms with Crippen LogP contribution in [-0.4, -0.2) is 26.4 Å². The van der Waals surface area contributed by atoms with Gasteiger partial charge in [0.1, 0.15) is 17.6 Å². The summed E-state index contributed by atoms with van der Waals surface area (Å²) in [6.07, 6.45) is 0. The summed E-state index contributed by atoms with van der Waals surface area (Å²) in [6.45, 7) is 3.55. The second kappa shape index (κ2) is 6.30. The lowest BCUT2D eigenvalue weighted by Gasteiger charge is -2.16. The number of aromatic amines is 1. The maximum atomic E-state index is 12.2. The topological polar surface area (TPSA) is 109 Å². The lowest BCUT2D eigenvalue weighted by atomic mass is 10.1. The molecule has 3 rings (SSSR count). The quantitative estimate of drug-likeness (QED) is 0.685. The summed E-state index contributed by atoms with van der Waals surface area (Å²) in [6, 6.07) is 10.2. The van der Waals surface area contributed by atoms with Crippen LogP contribution in [0.2, 0.25) is 0 Å². The number of amides is 2. The van der Waals surface area contributed by atoms with Crippen molar-refractivity contribution >= 4 is 11.8 Å². The van der Waals surface area contributed by atoms with E-state index in [1.165, 1.54) is 0 Å². The number of carbonyl (C=O) groups is 1. The van der Waals surface area contributed by atoms with Gasteiger partial charge < -0.3 is 9.84 Å². The van der Waals surface area contributed by atoms with Gasteiger partial charge in [-0.2, -0.15) is 5.10 Å². The minimum atomic E-state index is -0.478. The van der Waals surface area contributed by atoms with E-state index in [0.29, 0.717) is 23.2 Å². The summed E-state index contributed by atoms with van der Waals surface area (Å²) >= 11 is 0. The van der Waals surface area contributed by atoms with Crippen LogP contribution in [0.5, 0.6) is 0 Å². The van der Waals surface area contributed by atoms with Crippen LogP contribution in [0.4, 0.5) is 10.6 Å². The van der Waals surface area contributed by atoms with E-state index in [2.05, 4.69) is 31.0 Å². The summed E-state index contributed by atoms with van der Waals surface area (Å²) in [5.41, 5.74) is 0.873. The van der Waals surface area contributed by atoms with Crippen molar-refractivity contribution < 1.29 is 9.32 Å². The molecule has 0 fully saturated rings. The molecule has 0 unspecified atom stereocenters. The van der Waals surface area contributed by atoms with Gasteiger partial charge >= 0.3 is 6.03 Å². The van der Waals surface area contributed by atoms with Crippen LogP contribution in [0.1, 0.15) is 29.0 Å². The normalized spacial score (nSPS) is 11.9. The van der Waals surface area contributed by atoms with Crippen molar-refractivity contribution in [3.63, 3.8) is 0 Å². The Labute approximate surface area is 132 Å². The molecule has 118 valence electrons. The second-order valence-corrected chi connectivity index (χ2v) is 5.04. The molecule has 1 aromatic carbocycles. The first-order valence-electron chi connectivity index (χ1n) is 7.06. The summed E-state index contributed by atoms with van der Waals surface area (Å²) in [4.78, 5) is 16.5. The Kier molecular flexibility index (Phi) is 4.05. The number of H-pyrrole nitrogens is 1. The van der Waals surface area contributed by atoms with Crippen molar-refractivity contribution in [2.75, 3.05) is 5.32 Å². The van der Waals surface area contributed by atoms with Crippen molar-refractivity contribution in [3.8, 4) is 0 Å². The highest BCUT2D eigenvalue weighted by Gasteiger charge is 2.21. The van der Waals surface area contributed by atoms with Crippen LogP contribution in [0.3, 0.4) is 0 Å². The van der Waals surface area contributed by atoms with Gasteiger partial charge in [-0.05, 0) is 19.4 Å². The molecule has 23 heavy (non-hydrogen) atoms. The first-order chi connectivity index (χ1) is 11.1. The molecule has 3 N–H and O–H groups in total. The van der Waals surface area contributed by atoms with Gasteiger partial charge in [0.05, 0.1) is 0 Å². The molecular formula is C15H16N6O2. The largest absolute Gasteiger partial charge is 0.360 e. The fourth-order valence-corrected chi connectivity index (χ4v) is 2.14. The molecule has 0 bridgehead atoms. The van der Waals surface area contributed by atoms with E-state index in [-0.39, 0.29) is 0 Å². The molecule has 0 radical (unpaired) electrons. The third-order valence-corrected chi connectivity index (χ3v) is 3.15. The average molecular weight is 312 g/mol. The highest BCUT2D eigenvalue weighted by atomic mass is 16.5. The van der Waals surface area contributed by atoms with Gasteiger partial charge in [-0.3, -0.25) is 10.4 Å². The molecule has 0 aliphatic carbocycles. The number of aromatic nitrogens is 4. The van der Waals surface area contributed by atoms with Crippen molar-refractivity contribution in [1.82, 2.24) is 25.7 Å². The van der Waals surface area contributed by atoms with Crippen LogP contribution < -0.4 is 10.6 Å². The molecule has 0 saturated carbocycles. The fourth-order valence-electron chi connectivity index (χ4n) is 2.14. The molecule has 3 aromatic rings. The molecule has 0 saturated heterocycles. The van der Waals surface area contributed by atoms with Gasteiger partial charge in [-0.25, -0.2) is 9.78 Å². The van der Waals surface area contributed by atoms with Crippen molar-refractivity contribution in [1.29, 1.82) is 0 Å². The Morgan fingerprint density at radius 1 is 1.26 bits per heavy atom. The lowest BCUT2D eigenvalue weighted by Crippen LogP contribution is -2.34. The van der Waals surface area contributed by atoms with Crippen LogP contribution >= 0.6 is 0 Å². The summed E-state index contributed by atoms with van der Waals surface area (Å²) in [7, 11) is 0. The third-order valence-electron chi connectivity index (χ3n) is 3.15. The van der Waals surface area contributed by atoms with E-state index >= 15 is 0 Å². The number of benzene rings is 1. The zero-order valence-electron chi connectivity index (χ0n) is 12.7. The number of urea groups is 1. The molecule has 0 aliphatic heterocycles. The first kappa shape index (κ1) is 14.8. The van der Waals surface area contributed by atoms with Crippen molar-refractivity contribution in [2.45, 2.75) is 19.9 Å². The Morgan fingerprint density at radius 2 is 2.04 bits per heavy atom. The Hall–Kier alpha value is -3.16. The van der Waals surface area contributed by atoms with E-state index in [1.54, 1.807) is 19.9 Å². The maximum Gasteiger partial charge on any atom is 0.321 e. The van der Waals surface area contributed by atoms with Gasteiger partial charge in [-0.1, -0.05) is 35.5 Å². The molecule has 0 aliphatic rings. The molecule has 8 nitrogen and oxygen atoms in total. The van der Waals surface area contributed by atoms with E-state index in [4.69, 9.17) is 4.52 Å². The van der Waals surface area contributed by atoms with Crippen LogP contribution in [0.15, 0.2) is 40.9 Å². The molecule has 8 heteroatoms. The first-order valence-corrected chi connectivity index (χ1v) is 7.06. The number of carbonyl (C=O) groups excluding carboxylic acids is 1. The van der Waals surface area contributed by atoms with Crippen molar-refractivity contribution in [2.24, 2.45) is 0 Å². The molecule has 2 aromatic heterocycles. The minimum Gasteiger partial charge on any atom is -0.360 e. The van der Waals surface area contributed by atoms with Crippen LogP contribution in [0.25, 0.3) is 0 Å². The zero-order valence-corrected chi connectivity index (χ0v) is 12.7. The Morgan fingerprint density at radius 3 is 2.65 bits per heavy atom. The summed E-state index contributed by atoms with van der Waals surface area (Å²) < 4.78 is 4.92. The fraction of sp³-hybridized carbons (Fsp3) is 0.200. The number of nitrogens with zero attached hydrogens (tertiary/aromatic N) is 3. The summed E-state index contributed by atoms with van der Waals surface area (Å²) in [5.74, 6) is 2.12. The second-order valence-electron chi connectivity index (χ2n) is 5.04. The number of nitrogens with one attached hydrogen (secondary N) is 3. The average Bonchev–Trinajstić information content (AvgIpc) is 3.14. The number of hydrogen-bond acceptors (Lipinski definition) is 5. The monoisotopic (exact) mass is 312 g/mol. The van der Waals surface area contributed by atoms with E-state index in [1.807, 2.05) is 30.3 Å². The number of hydrogen-bond donors (Lipinski definition) is 3. The highest BCUT2D eigenvalue weighted by molar-refractivity contribution is 5.88. The van der Waals surface area contributed by atoms with Crippen LogP contribution in [-0.2, 0) is 0 Å². The number of rotatable bonds is 4. The summed E-state index contributed by atoms with van der Waals surface area (Å²) in [5, 5.41) is 16.1. The van der Waals surface area contributed by atoms with Gasteiger partial charge in [0.15, 0.2) is 11.6 Å². The zero-order chi connectivity index (χ0) is 16.2. The standard InChI is InChI=1S/C15H16N6O2/c1-9-8-12(21-23-9)17-15(22)18-13(11-6-4-3-5-7-11)14-16-10(2)19-20-14/h3-8,13H,1-2H3,(H,16,19,20)(H2,17,18,21,22)/t13-/m0/s1. The number of aryl methyl sites for hydroxylation is 2. The van der Waals surface area contributed by atoms with Gasteiger partial charge in [-0.15, -0.1) is 0 Å². The molecule has 0 spiro atoms. The maximum absolute atomic E-state index is 12.2. The van der Waals surface area contributed by atoms with Crippen LogP contribution in [0, 0.1) is 13.8 Å². The lowest BCUT2D eigenvalue weighted by molar-refractivity contribution is 0.249. The number of anilines is 1. The van der Waals surface area contributed by atoms with E-state index in [0.717, 1.165) is 5.56 Å².